The second-order valence-electron chi connectivity index (χ2n) is 11.8. The lowest BCUT2D eigenvalue weighted by Crippen LogP contribution is -2.50. The molecule has 3 fully saturated rings. The summed E-state index contributed by atoms with van der Waals surface area (Å²) in [6.07, 6.45) is 18.1. The lowest BCUT2D eigenvalue weighted by atomic mass is 9.46. The van der Waals surface area contributed by atoms with Crippen LogP contribution < -0.4 is 0 Å². The summed E-state index contributed by atoms with van der Waals surface area (Å²) in [5.41, 5.74) is 3.59. The maximum atomic E-state index is 12.1. The molecule has 0 heterocycles. The Balaban J connectivity index is 1.53. The van der Waals surface area contributed by atoms with Crippen LogP contribution in [0.4, 0.5) is 0 Å². The molecule has 0 aromatic carbocycles. The average molecular weight is 409 g/mol. The van der Waals surface area contributed by atoms with E-state index in [4.69, 9.17) is 0 Å². The van der Waals surface area contributed by atoms with E-state index in [2.05, 4.69) is 53.3 Å². The average Bonchev–Trinajstić information content (AvgIpc) is 3.06. The minimum Gasteiger partial charge on any atom is -0.295 e. The first-order valence-corrected chi connectivity index (χ1v) is 12.8. The quantitative estimate of drug-likeness (QED) is 0.422. The Kier molecular flexibility index (Phi) is 5.97. The van der Waals surface area contributed by atoms with Gasteiger partial charge in [0.25, 0.3) is 0 Å². The summed E-state index contributed by atoms with van der Waals surface area (Å²) in [7, 11) is 0. The molecule has 4 aliphatic rings. The zero-order chi connectivity index (χ0) is 21.7. The molecule has 1 heteroatoms. The molecule has 4 aliphatic carbocycles. The smallest absolute Gasteiger partial charge is 0.155 e. The van der Waals surface area contributed by atoms with E-state index in [0.717, 1.165) is 42.9 Å². The third kappa shape index (κ3) is 3.49. The topological polar surface area (TPSA) is 17.1 Å². The number of carbonyl (C=O) groups is 1. The number of rotatable bonds is 5. The third-order valence-electron chi connectivity index (χ3n) is 10.4. The van der Waals surface area contributed by atoms with Crippen LogP contribution in [-0.2, 0) is 4.79 Å². The predicted octanol–water partition coefficient (Wildman–Crippen LogP) is 7.93. The summed E-state index contributed by atoms with van der Waals surface area (Å²) in [4.78, 5) is 12.1. The van der Waals surface area contributed by atoms with Gasteiger partial charge in [-0.15, -0.1) is 0 Å². The Morgan fingerprint density at radius 1 is 1.13 bits per heavy atom. The van der Waals surface area contributed by atoms with Crippen molar-refractivity contribution in [3.05, 3.63) is 36.0 Å². The normalized spacial score (nSPS) is 42.8. The van der Waals surface area contributed by atoms with Crippen LogP contribution in [0.3, 0.4) is 0 Å². The fourth-order valence-corrected chi connectivity index (χ4v) is 8.56. The fourth-order valence-electron chi connectivity index (χ4n) is 8.56. The van der Waals surface area contributed by atoms with Gasteiger partial charge in [0.2, 0.25) is 0 Å². The Labute approximate surface area is 185 Å². The van der Waals surface area contributed by atoms with Crippen LogP contribution in [-0.4, -0.2) is 5.78 Å². The number of allylic oxidation sites excluding steroid dienone is 4. The molecule has 6 unspecified atom stereocenters. The van der Waals surface area contributed by atoms with Gasteiger partial charge in [-0.1, -0.05) is 57.6 Å². The van der Waals surface area contributed by atoms with Gasteiger partial charge in [-0.3, -0.25) is 4.79 Å². The fraction of sp³-hybridized carbons (Fsp3) is 0.759. The summed E-state index contributed by atoms with van der Waals surface area (Å²) in [6.45, 7) is 16.3. The lowest BCUT2D eigenvalue weighted by molar-refractivity contribution is -0.117. The number of carbonyl (C=O) groups excluding carboxylic acids is 1. The maximum absolute atomic E-state index is 12.1. The molecular formula is C29H44O. The lowest BCUT2D eigenvalue weighted by Gasteiger charge is -2.58. The zero-order valence-electron chi connectivity index (χ0n) is 20.2. The summed E-state index contributed by atoms with van der Waals surface area (Å²) in [5.74, 6) is 4.96. The van der Waals surface area contributed by atoms with Gasteiger partial charge < -0.3 is 0 Å². The molecule has 0 saturated heterocycles. The molecule has 0 radical (unpaired) electrons. The SMILES string of the molecule is C=C(C)C(C=CC(C)C1CCC2C3CCC4=CC(=O)CC[C@]4(C)C3CC[C@]12C)CC. The van der Waals surface area contributed by atoms with Crippen molar-refractivity contribution in [2.24, 2.45) is 46.3 Å². The van der Waals surface area contributed by atoms with Crippen molar-refractivity contribution in [1.29, 1.82) is 0 Å². The van der Waals surface area contributed by atoms with E-state index in [9.17, 15) is 4.79 Å². The van der Waals surface area contributed by atoms with Crippen LogP contribution in [0.5, 0.6) is 0 Å². The van der Waals surface area contributed by atoms with Crippen LogP contribution in [0.25, 0.3) is 0 Å². The Hall–Kier alpha value is -1.11. The molecule has 0 N–H and O–H groups in total. The first-order chi connectivity index (χ1) is 14.2. The van der Waals surface area contributed by atoms with Gasteiger partial charge in [0.1, 0.15) is 0 Å². The molecule has 0 spiro atoms. The minimum absolute atomic E-state index is 0.303. The van der Waals surface area contributed by atoms with Gasteiger partial charge in [-0.25, -0.2) is 0 Å². The van der Waals surface area contributed by atoms with Gasteiger partial charge in [0.05, 0.1) is 0 Å². The minimum atomic E-state index is 0.303. The maximum Gasteiger partial charge on any atom is 0.155 e. The highest BCUT2D eigenvalue weighted by molar-refractivity contribution is 5.91. The first-order valence-electron chi connectivity index (χ1n) is 12.8. The van der Waals surface area contributed by atoms with E-state index in [1.165, 1.54) is 49.7 Å². The molecule has 1 nitrogen and oxygen atoms in total. The van der Waals surface area contributed by atoms with Gasteiger partial charge in [0.15, 0.2) is 5.78 Å². The van der Waals surface area contributed by atoms with Gasteiger partial charge in [-0.05, 0) is 111 Å². The number of fused-ring (bicyclic) bond motifs is 5. The largest absolute Gasteiger partial charge is 0.295 e. The van der Waals surface area contributed by atoms with Crippen LogP contribution in [0, 0.1) is 46.3 Å². The van der Waals surface area contributed by atoms with E-state index in [1.54, 1.807) is 0 Å². The molecule has 3 saturated carbocycles. The summed E-state index contributed by atoms with van der Waals surface area (Å²) in [6, 6.07) is 0. The molecular weight excluding hydrogens is 364 g/mol. The molecule has 0 amide bonds. The Bertz CT molecular complexity index is 756. The highest BCUT2D eigenvalue weighted by Crippen LogP contribution is 2.67. The predicted molar refractivity (Wildman–Crippen MR) is 127 cm³/mol. The van der Waals surface area contributed by atoms with E-state index >= 15 is 0 Å². The van der Waals surface area contributed by atoms with Crippen molar-refractivity contribution >= 4 is 5.78 Å². The van der Waals surface area contributed by atoms with Crippen LogP contribution in [0.1, 0.15) is 92.4 Å². The van der Waals surface area contributed by atoms with Gasteiger partial charge in [-0.2, -0.15) is 0 Å². The van der Waals surface area contributed by atoms with Crippen LogP contribution in [0.15, 0.2) is 36.0 Å². The van der Waals surface area contributed by atoms with Gasteiger partial charge in [0, 0.05) is 6.42 Å². The summed E-state index contributed by atoms with van der Waals surface area (Å²) < 4.78 is 0. The van der Waals surface area contributed by atoms with Crippen molar-refractivity contribution in [2.45, 2.75) is 92.4 Å². The van der Waals surface area contributed by atoms with Crippen molar-refractivity contribution in [1.82, 2.24) is 0 Å². The van der Waals surface area contributed by atoms with E-state index in [0.29, 0.717) is 28.4 Å². The van der Waals surface area contributed by atoms with Crippen molar-refractivity contribution in [2.75, 3.05) is 0 Å². The summed E-state index contributed by atoms with van der Waals surface area (Å²) >= 11 is 0. The zero-order valence-corrected chi connectivity index (χ0v) is 20.2. The highest BCUT2D eigenvalue weighted by Gasteiger charge is 2.59. The first kappa shape index (κ1) is 22.1. The van der Waals surface area contributed by atoms with Crippen molar-refractivity contribution in [3.63, 3.8) is 0 Å². The van der Waals surface area contributed by atoms with Crippen molar-refractivity contribution < 1.29 is 4.79 Å². The van der Waals surface area contributed by atoms with E-state index in [-0.39, 0.29) is 0 Å². The second-order valence-corrected chi connectivity index (χ2v) is 11.8. The van der Waals surface area contributed by atoms with E-state index in [1.807, 2.05) is 6.08 Å². The van der Waals surface area contributed by atoms with Gasteiger partial charge >= 0.3 is 0 Å². The van der Waals surface area contributed by atoms with Crippen LogP contribution >= 0.6 is 0 Å². The molecule has 30 heavy (non-hydrogen) atoms. The summed E-state index contributed by atoms with van der Waals surface area (Å²) in [5, 5.41) is 0. The molecule has 0 aliphatic heterocycles. The van der Waals surface area contributed by atoms with Crippen molar-refractivity contribution in [3.8, 4) is 0 Å². The Morgan fingerprint density at radius 3 is 2.60 bits per heavy atom. The molecule has 0 aromatic heterocycles. The van der Waals surface area contributed by atoms with E-state index < -0.39 is 0 Å². The molecule has 4 rings (SSSR count). The molecule has 166 valence electrons. The highest BCUT2D eigenvalue weighted by atomic mass is 16.1. The monoisotopic (exact) mass is 408 g/mol. The number of hydrogen-bond acceptors (Lipinski definition) is 1. The molecule has 0 aromatic rings. The van der Waals surface area contributed by atoms with Crippen LogP contribution in [0.2, 0.25) is 0 Å². The Morgan fingerprint density at radius 2 is 1.90 bits per heavy atom. The molecule has 0 bridgehead atoms. The third-order valence-corrected chi connectivity index (χ3v) is 10.4. The number of ketones is 1. The standard InChI is InChI=1S/C29H44O/c1-7-21(19(2)3)9-8-20(4)25-12-13-26-24-11-10-22-18-23(30)14-16-28(22,5)27(24)15-17-29(25,26)6/h8-9,18,20-21,24-27H,2,7,10-17H2,1,3-6H3/t20?,21?,24?,25?,26?,27?,28-,29+/m0/s1. The number of hydrogen-bond donors (Lipinski definition) is 0. The second kappa shape index (κ2) is 8.10. The molecule has 8 atom stereocenters.